The summed E-state index contributed by atoms with van der Waals surface area (Å²) in [6.45, 7) is 1.54. The van der Waals surface area contributed by atoms with Crippen molar-refractivity contribution < 1.29 is 26.8 Å². The third kappa shape index (κ3) is 4.85. The highest BCUT2D eigenvalue weighted by Gasteiger charge is 2.19. The standard InChI is InChI=1S/C20H18FNO5S/c1-14-7-8-18(28(24,25)22-12-17-6-3-9-26-17)11-19(14)20(23)27-13-15-4-2-5-16(21)10-15/h2-11,22H,12-13H2,1H3. The van der Waals surface area contributed by atoms with Crippen LogP contribution in [0.5, 0.6) is 0 Å². The van der Waals surface area contributed by atoms with Crippen LogP contribution in [0.4, 0.5) is 4.39 Å². The van der Waals surface area contributed by atoms with Crippen molar-refractivity contribution in [1.29, 1.82) is 0 Å². The van der Waals surface area contributed by atoms with Crippen molar-refractivity contribution >= 4 is 16.0 Å². The molecule has 0 spiro atoms. The number of furan rings is 1. The van der Waals surface area contributed by atoms with E-state index in [9.17, 15) is 17.6 Å². The zero-order chi connectivity index (χ0) is 20.1. The van der Waals surface area contributed by atoms with Crippen molar-refractivity contribution in [2.75, 3.05) is 0 Å². The number of hydrogen-bond donors (Lipinski definition) is 1. The maximum absolute atomic E-state index is 13.2. The molecule has 0 aliphatic carbocycles. The summed E-state index contributed by atoms with van der Waals surface area (Å²) in [5, 5.41) is 0. The molecule has 0 saturated carbocycles. The van der Waals surface area contributed by atoms with E-state index < -0.39 is 21.8 Å². The SMILES string of the molecule is Cc1ccc(S(=O)(=O)NCc2ccco2)cc1C(=O)OCc1cccc(F)c1. The fraction of sp³-hybridized carbons (Fsp3) is 0.150. The molecular weight excluding hydrogens is 385 g/mol. The van der Waals surface area contributed by atoms with E-state index in [0.29, 0.717) is 16.9 Å². The molecule has 3 rings (SSSR count). The number of nitrogens with one attached hydrogen (secondary N) is 1. The Kier molecular flexibility index (Phi) is 5.91. The van der Waals surface area contributed by atoms with Gasteiger partial charge in [-0.15, -0.1) is 0 Å². The first-order valence-corrected chi connectivity index (χ1v) is 9.88. The van der Waals surface area contributed by atoms with Crippen molar-refractivity contribution in [2.24, 2.45) is 0 Å². The predicted molar refractivity (Wildman–Crippen MR) is 99.4 cm³/mol. The van der Waals surface area contributed by atoms with Gasteiger partial charge in [0.2, 0.25) is 10.0 Å². The van der Waals surface area contributed by atoms with E-state index >= 15 is 0 Å². The molecule has 146 valence electrons. The third-order valence-corrected chi connectivity index (χ3v) is 5.41. The maximum Gasteiger partial charge on any atom is 0.338 e. The monoisotopic (exact) mass is 403 g/mol. The zero-order valence-electron chi connectivity index (χ0n) is 15.0. The van der Waals surface area contributed by atoms with Crippen LogP contribution in [0.3, 0.4) is 0 Å². The average Bonchev–Trinajstić information content (AvgIpc) is 3.18. The van der Waals surface area contributed by atoms with Gasteiger partial charge in [-0.2, -0.15) is 0 Å². The number of aryl methyl sites for hydroxylation is 1. The summed E-state index contributed by atoms with van der Waals surface area (Å²) in [6, 6.07) is 13.2. The number of esters is 1. The van der Waals surface area contributed by atoms with E-state index in [1.54, 1.807) is 25.1 Å². The number of sulfonamides is 1. The van der Waals surface area contributed by atoms with Gasteiger partial charge in [0.05, 0.1) is 23.3 Å². The second-order valence-electron chi connectivity index (χ2n) is 6.09. The predicted octanol–water partition coefficient (Wildman–Crippen LogP) is 3.56. The molecular formula is C20H18FNO5S. The molecule has 0 unspecified atom stereocenters. The lowest BCUT2D eigenvalue weighted by Crippen LogP contribution is -2.23. The van der Waals surface area contributed by atoms with Crippen LogP contribution >= 0.6 is 0 Å². The summed E-state index contributed by atoms with van der Waals surface area (Å²) in [5.74, 6) is -0.657. The van der Waals surface area contributed by atoms with Gasteiger partial charge in [-0.3, -0.25) is 0 Å². The number of rotatable bonds is 7. The highest BCUT2D eigenvalue weighted by Crippen LogP contribution is 2.18. The van der Waals surface area contributed by atoms with Crippen LogP contribution in [-0.4, -0.2) is 14.4 Å². The number of halogens is 1. The molecule has 0 saturated heterocycles. The van der Waals surface area contributed by atoms with Crippen molar-refractivity contribution in [1.82, 2.24) is 4.72 Å². The van der Waals surface area contributed by atoms with Crippen LogP contribution in [0.15, 0.2) is 70.2 Å². The van der Waals surface area contributed by atoms with Gasteiger partial charge in [0, 0.05) is 0 Å². The maximum atomic E-state index is 13.2. The van der Waals surface area contributed by atoms with Gasteiger partial charge >= 0.3 is 5.97 Å². The van der Waals surface area contributed by atoms with Gasteiger partial charge in [0.25, 0.3) is 0 Å². The minimum Gasteiger partial charge on any atom is -0.468 e. The van der Waals surface area contributed by atoms with Crippen molar-refractivity contribution in [3.8, 4) is 0 Å². The Morgan fingerprint density at radius 3 is 2.68 bits per heavy atom. The Hall–Kier alpha value is -2.97. The first-order chi connectivity index (χ1) is 13.3. The van der Waals surface area contributed by atoms with Crippen LogP contribution in [0.25, 0.3) is 0 Å². The van der Waals surface area contributed by atoms with Crippen LogP contribution in [0, 0.1) is 12.7 Å². The van der Waals surface area contributed by atoms with E-state index in [1.807, 2.05) is 0 Å². The van der Waals surface area contributed by atoms with Gasteiger partial charge in [-0.1, -0.05) is 18.2 Å². The van der Waals surface area contributed by atoms with E-state index in [-0.39, 0.29) is 23.6 Å². The van der Waals surface area contributed by atoms with Crippen LogP contribution in [-0.2, 0) is 27.9 Å². The van der Waals surface area contributed by atoms with Crippen LogP contribution in [0.1, 0.15) is 27.2 Å². The summed E-state index contributed by atoms with van der Waals surface area (Å²) in [4.78, 5) is 12.3. The molecule has 0 atom stereocenters. The number of benzene rings is 2. The zero-order valence-corrected chi connectivity index (χ0v) is 15.8. The molecule has 0 fully saturated rings. The molecule has 1 heterocycles. The number of carbonyl (C=O) groups is 1. The molecule has 2 aromatic carbocycles. The first-order valence-electron chi connectivity index (χ1n) is 8.39. The van der Waals surface area contributed by atoms with Crippen molar-refractivity contribution in [2.45, 2.75) is 25.0 Å². The second-order valence-corrected chi connectivity index (χ2v) is 7.85. The molecule has 0 amide bonds. The van der Waals surface area contributed by atoms with Gasteiger partial charge in [-0.25, -0.2) is 22.3 Å². The van der Waals surface area contributed by atoms with Crippen molar-refractivity contribution in [3.63, 3.8) is 0 Å². The lowest BCUT2D eigenvalue weighted by molar-refractivity contribution is 0.0471. The summed E-state index contributed by atoms with van der Waals surface area (Å²) < 4.78 is 50.9. The molecule has 1 aromatic heterocycles. The molecule has 0 bridgehead atoms. The first kappa shape index (κ1) is 19.8. The third-order valence-electron chi connectivity index (χ3n) is 4.01. The Labute approximate surface area is 162 Å². The molecule has 3 aromatic rings. The Morgan fingerprint density at radius 2 is 1.96 bits per heavy atom. The van der Waals surface area contributed by atoms with Gasteiger partial charge in [0.15, 0.2) is 0 Å². The lowest BCUT2D eigenvalue weighted by Gasteiger charge is -2.10. The highest BCUT2D eigenvalue weighted by molar-refractivity contribution is 7.89. The van der Waals surface area contributed by atoms with E-state index in [1.165, 1.54) is 42.7 Å². The summed E-state index contributed by atoms with van der Waals surface area (Å²) in [7, 11) is -3.85. The quantitative estimate of drug-likeness (QED) is 0.610. The molecule has 1 N–H and O–H groups in total. The van der Waals surface area contributed by atoms with Gasteiger partial charge in [0.1, 0.15) is 18.2 Å². The fourth-order valence-electron chi connectivity index (χ4n) is 2.50. The number of hydrogen-bond acceptors (Lipinski definition) is 5. The van der Waals surface area contributed by atoms with Crippen LogP contribution < -0.4 is 4.72 Å². The molecule has 0 aliphatic rings. The average molecular weight is 403 g/mol. The summed E-state index contributed by atoms with van der Waals surface area (Å²) in [5.41, 5.74) is 1.18. The minimum atomic E-state index is -3.85. The van der Waals surface area contributed by atoms with Gasteiger partial charge in [-0.05, 0) is 54.4 Å². The molecule has 6 nitrogen and oxygen atoms in total. The Morgan fingerprint density at radius 1 is 1.14 bits per heavy atom. The lowest BCUT2D eigenvalue weighted by atomic mass is 10.1. The number of ether oxygens (including phenoxy) is 1. The normalized spacial score (nSPS) is 11.4. The molecule has 8 heteroatoms. The molecule has 0 aliphatic heterocycles. The highest BCUT2D eigenvalue weighted by atomic mass is 32.2. The van der Waals surface area contributed by atoms with E-state index in [4.69, 9.17) is 9.15 Å². The topological polar surface area (TPSA) is 85.6 Å². The van der Waals surface area contributed by atoms with E-state index in [2.05, 4.69) is 4.72 Å². The van der Waals surface area contributed by atoms with Crippen molar-refractivity contribution in [3.05, 3.63) is 89.1 Å². The van der Waals surface area contributed by atoms with Crippen LogP contribution in [0.2, 0.25) is 0 Å². The molecule has 28 heavy (non-hydrogen) atoms. The summed E-state index contributed by atoms with van der Waals surface area (Å²) >= 11 is 0. The van der Waals surface area contributed by atoms with E-state index in [0.717, 1.165) is 0 Å². The minimum absolute atomic E-state index is 0.0113. The Bertz CT molecular complexity index is 1080. The Balaban J connectivity index is 1.73. The number of carbonyl (C=O) groups excluding carboxylic acids is 1. The van der Waals surface area contributed by atoms with Gasteiger partial charge < -0.3 is 9.15 Å². The second kappa shape index (κ2) is 8.37. The summed E-state index contributed by atoms with van der Waals surface area (Å²) in [6.07, 6.45) is 1.45. The molecule has 0 radical (unpaired) electrons. The smallest absolute Gasteiger partial charge is 0.338 e. The largest absolute Gasteiger partial charge is 0.468 e. The fourth-order valence-corrected chi connectivity index (χ4v) is 3.52.